The average molecular weight is 360 g/mol. The molecule has 0 saturated heterocycles. The fourth-order valence-electron chi connectivity index (χ4n) is 1.73. The van der Waals surface area contributed by atoms with Crippen molar-refractivity contribution in [3.05, 3.63) is 47.4 Å². The standard InChI is InChI=1S/C13H5F9N2/c14-11(15,16)7-1-2-23-8(5-7)6-3-9(12(17,18)19)24-10(4-6)13(20,21)22/h1-5H. The Labute approximate surface area is 128 Å². The molecule has 2 aromatic heterocycles. The molecular weight excluding hydrogens is 355 g/mol. The normalized spacial score (nSPS) is 13.2. The van der Waals surface area contributed by atoms with Crippen LogP contribution in [0.25, 0.3) is 11.3 Å². The molecule has 0 aliphatic carbocycles. The lowest BCUT2D eigenvalue weighted by atomic mass is 10.1. The van der Waals surface area contributed by atoms with Gasteiger partial charge in [-0.3, -0.25) is 4.98 Å². The van der Waals surface area contributed by atoms with Gasteiger partial charge in [0.2, 0.25) is 0 Å². The van der Waals surface area contributed by atoms with E-state index in [0.717, 1.165) is 0 Å². The molecule has 0 atom stereocenters. The number of alkyl halides is 9. The molecule has 2 aromatic rings. The zero-order valence-electron chi connectivity index (χ0n) is 11.2. The van der Waals surface area contributed by atoms with Gasteiger partial charge in [0, 0.05) is 11.8 Å². The Kier molecular flexibility index (Phi) is 4.23. The van der Waals surface area contributed by atoms with E-state index in [1.165, 1.54) is 0 Å². The van der Waals surface area contributed by atoms with E-state index in [4.69, 9.17) is 0 Å². The van der Waals surface area contributed by atoms with Crippen molar-refractivity contribution in [2.75, 3.05) is 0 Å². The Balaban J connectivity index is 2.66. The van der Waals surface area contributed by atoms with Gasteiger partial charge in [-0.2, -0.15) is 39.5 Å². The van der Waals surface area contributed by atoms with Gasteiger partial charge in [-0.15, -0.1) is 0 Å². The highest BCUT2D eigenvalue weighted by Gasteiger charge is 2.39. The Bertz CT molecular complexity index is 712. The minimum atomic E-state index is -5.21. The van der Waals surface area contributed by atoms with Crippen LogP contribution >= 0.6 is 0 Å². The van der Waals surface area contributed by atoms with Crippen LogP contribution in [-0.4, -0.2) is 9.97 Å². The number of nitrogens with zero attached hydrogens (tertiary/aromatic N) is 2. The molecule has 0 aliphatic heterocycles. The molecule has 0 N–H and O–H groups in total. The maximum atomic E-state index is 12.7. The van der Waals surface area contributed by atoms with Gasteiger partial charge in [0.05, 0.1) is 11.3 Å². The summed E-state index contributed by atoms with van der Waals surface area (Å²) in [6.45, 7) is 0. The van der Waals surface area contributed by atoms with Crippen molar-refractivity contribution in [2.45, 2.75) is 18.5 Å². The zero-order valence-corrected chi connectivity index (χ0v) is 11.2. The van der Waals surface area contributed by atoms with Crippen LogP contribution in [0, 0.1) is 0 Å². The number of halogens is 9. The summed E-state index contributed by atoms with van der Waals surface area (Å²) >= 11 is 0. The van der Waals surface area contributed by atoms with E-state index in [1.54, 1.807) is 0 Å². The molecule has 130 valence electrons. The number of pyridine rings is 2. The summed E-state index contributed by atoms with van der Waals surface area (Å²) in [6.07, 6.45) is -14.6. The topological polar surface area (TPSA) is 25.8 Å². The van der Waals surface area contributed by atoms with Crippen molar-refractivity contribution in [1.82, 2.24) is 9.97 Å². The second kappa shape index (κ2) is 5.64. The molecule has 0 unspecified atom stereocenters. The van der Waals surface area contributed by atoms with Crippen LogP contribution in [0.4, 0.5) is 39.5 Å². The first-order chi connectivity index (χ1) is 10.8. The molecular formula is C13H5F9N2. The van der Waals surface area contributed by atoms with Gasteiger partial charge in [-0.05, 0) is 24.3 Å². The van der Waals surface area contributed by atoms with Gasteiger partial charge in [-0.1, -0.05) is 0 Å². The zero-order chi connectivity index (χ0) is 18.3. The fraction of sp³-hybridized carbons (Fsp3) is 0.231. The van der Waals surface area contributed by atoms with Crippen LogP contribution in [0.2, 0.25) is 0 Å². The molecule has 0 radical (unpaired) electrons. The first-order valence-corrected chi connectivity index (χ1v) is 5.98. The molecule has 0 bridgehead atoms. The summed E-state index contributed by atoms with van der Waals surface area (Å²) in [4.78, 5) is 5.88. The van der Waals surface area contributed by atoms with Gasteiger partial charge in [0.15, 0.2) is 0 Å². The monoisotopic (exact) mass is 360 g/mol. The SMILES string of the molecule is FC(F)(F)c1ccnc(-c2cc(C(F)(F)F)nc(C(F)(F)F)c2)c1. The molecule has 11 heteroatoms. The average Bonchev–Trinajstić information content (AvgIpc) is 2.44. The third kappa shape index (κ3) is 3.95. The Morgan fingerprint density at radius 3 is 1.58 bits per heavy atom. The smallest absolute Gasteiger partial charge is 0.256 e. The largest absolute Gasteiger partial charge is 0.433 e. The van der Waals surface area contributed by atoms with Crippen molar-refractivity contribution in [2.24, 2.45) is 0 Å². The number of aromatic nitrogens is 2. The fourth-order valence-corrected chi connectivity index (χ4v) is 1.73. The lowest BCUT2D eigenvalue weighted by molar-refractivity contribution is -0.150. The molecule has 0 saturated carbocycles. The lowest BCUT2D eigenvalue weighted by Gasteiger charge is -2.13. The highest BCUT2D eigenvalue weighted by atomic mass is 19.4. The molecule has 0 spiro atoms. The predicted octanol–water partition coefficient (Wildman–Crippen LogP) is 5.20. The van der Waals surface area contributed by atoms with Crippen LogP contribution in [0.15, 0.2) is 30.5 Å². The Hall–Kier alpha value is -2.33. The van der Waals surface area contributed by atoms with E-state index >= 15 is 0 Å². The van der Waals surface area contributed by atoms with E-state index < -0.39 is 46.7 Å². The quantitative estimate of drug-likeness (QED) is 0.654. The predicted molar refractivity (Wildman–Crippen MR) is 62.5 cm³/mol. The minimum absolute atomic E-state index is 0.206. The number of hydrogen-bond donors (Lipinski definition) is 0. The summed E-state index contributed by atoms with van der Waals surface area (Å²) in [5.74, 6) is 0. The van der Waals surface area contributed by atoms with Crippen LogP contribution in [0.1, 0.15) is 17.0 Å². The molecule has 24 heavy (non-hydrogen) atoms. The molecule has 0 aliphatic rings. The van der Waals surface area contributed by atoms with Crippen LogP contribution in [0.5, 0.6) is 0 Å². The van der Waals surface area contributed by atoms with Gasteiger partial charge in [0.25, 0.3) is 0 Å². The van der Waals surface area contributed by atoms with Gasteiger partial charge in [0.1, 0.15) is 11.4 Å². The maximum Gasteiger partial charge on any atom is 0.433 e. The highest BCUT2D eigenvalue weighted by molar-refractivity contribution is 5.61. The van der Waals surface area contributed by atoms with Crippen molar-refractivity contribution in [3.63, 3.8) is 0 Å². The first-order valence-electron chi connectivity index (χ1n) is 5.98. The molecule has 0 amide bonds. The van der Waals surface area contributed by atoms with Crippen LogP contribution in [0.3, 0.4) is 0 Å². The summed E-state index contributed by atoms with van der Waals surface area (Å²) in [5, 5.41) is 0. The maximum absolute atomic E-state index is 12.7. The number of rotatable bonds is 1. The van der Waals surface area contributed by atoms with Gasteiger partial charge < -0.3 is 0 Å². The minimum Gasteiger partial charge on any atom is -0.256 e. The van der Waals surface area contributed by atoms with Crippen molar-refractivity contribution < 1.29 is 39.5 Å². The van der Waals surface area contributed by atoms with Gasteiger partial charge >= 0.3 is 18.5 Å². The molecule has 2 rings (SSSR count). The third-order valence-electron chi connectivity index (χ3n) is 2.79. The second-order valence-corrected chi connectivity index (χ2v) is 4.55. The Morgan fingerprint density at radius 1 is 0.667 bits per heavy atom. The summed E-state index contributed by atoms with van der Waals surface area (Å²) in [6, 6.07) is 1.31. The van der Waals surface area contributed by atoms with E-state index in [9.17, 15) is 39.5 Å². The molecule has 0 fully saturated rings. The van der Waals surface area contributed by atoms with E-state index in [1.807, 2.05) is 0 Å². The summed E-state index contributed by atoms with van der Waals surface area (Å²) in [7, 11) is 0. The molecule has 0 aromatic carbocycles. The second-order valence-electron chi connectivity index (χ2n) is 4.55. The van der Waals surface area contributed by atoms with E-state index in [0.29, 0.717) is 18.3 Å². The molecule has 2 heterocycles. The number of hydrogen-bond acceptors (Lipinski definition) is 2. The summed E-state index contributed by atoms with van der Waals surface area (Å²) in [5.41, 5.74) is -6.50. The van der Waals surface area contributed by atoms with Crippen LogP contribution < -0.4 is 0 Å². The van der Waals surface area contributed by atoms with E-state index in [2.05, 4.69) is 9.97 Å². The van der Waals surface area contributed by atoms with Gasteiger partial charge in [-0.25, -0.2) is 4.98 Å². The van der Waals surface area contributed by atoms with Crippen molar-refractivity contribution >= 4 is 0 Å². The summed E-state index contributed by atoms with van der Waals surface area (Å²) < 4.78 is 114. The van der Waals surface area contributed by atoms with Crippen molar-refractivity contribution in [3.8, 4) is 11.3 Å². The van der Waals surface area contributed by atoms with Crippen LogP contribution in [-0.2, 0) is 18.5 Å². The third-order valence-corrected chi connectivity index (χ3v) is 2.79. The highest BCUT2D eigenvalue weighted by Crippen LogP contribution is 2.37. The Morgan fingerprint density at radius 2 is 1.17 bits per heavy atom. The molecule has 2 nitrogen and oxygen atoms in total. The first kappa shape index (κ1) is 18.0. The lowest BCUT2D eigenvalue weighted by Crippen LogP contribution is -2.15. The van der Waals surface area contributed by atoms with E-state index in [-0.39, 0.29) is 12.1 Å². The van der Waals surface area contributed by atoms with Crippen molar-refractivity contribution in [1.29, 1.82) is 0 Å².